The van der Waals surface area contributed by atoms with Gasteiger partial charge in [-0.25, -0.2) is 5.90 Å². The number of hydrogen-bond acceptors (Lipinski definition) is 2. The summed E-state index contributed by atoms with van der Waals surface area (Å²) in [5, 5.41) is 0. The van der Waals surface area contributed by atoms with Crippen molar-refractivity contribution in [2.24, 2.45) is 5.90 Å². The second-order valence-corrected chi connectivity index (χ2v) is 3.52. The van der Waals surface area contributed by atoms with Gasteiger partial charge in [-0.05, 0) is 23.5 Å². The molecule has 2 N–H and O–H groups in total. The van der Waals surface area contributed by atoms with Crippen LogP contribution in [0.25, 0.3) is 0 Å². The lowest BCUT2D eigenvalue weighted by Gasteiger charge is -2.06. The number of rotatable bonds is 4. The normalized spacial score (nSPS) is 10.8. The summed E-state index contributed by atoms with van der Waals surface area (Å²) >= 11 is 0. The zero-order valence-corrected chi connectivity index (χ0v) is 8.29. The first-order valence-corrected chi connectivity index (χ1v) is 4.64. The minimum Gasteiger partial charge on any atom is -0.304 e. The van der Waals surface area contributed by atoms with E-state index in [4.69, 9.17) is 5.90 Å². The molecule has 0 fully saturated rings. The zero-order chi connectivity index (χ0) is 9.68. The van der Waals surface area contributed by atoms with E-state index in [9.17, 15) is 0 Å². The number of benzene rings is 1. The molecular weight excluding hydrogens is 162 g/mol. The van der Waals surface area contributed by atoms with Crippen LogP contribution in [-0.2, 0) is 11.3 Å². The fourth-order valence-electron chi connectivity index (χ4n) is 1.25. The summed E-state index contributed by atoms with van der Waals surface area (Å²) in [5.74, 6) is 5.55. The standard InChI is InChI=1S/C11H17NO/c1-9(2)11-5-3-10(4-6-11)7-8-13-12/h3-6,9H,7-8,12H2,1-2H3. The molecule has 1 aromatic rings. The highest BCUT2D eigenvalue weighted by molar-refractivity contribution is 5.24. The van der Waals surface area contributed by atoms with Crippen LogP contribution >= 0.6 is 0 Å². The van der Waals surface area contributed by atoms with Crippen LogP contribution in [0.3, 0.4) is 0 Å². The van der Waals surface area contributed by atoms with Gasteiger partial charge in [0, 0.05) is 0 Å². The van der Waals surface area contributed by atoms with Crippen LogP contribution in [0.15, 0.2) is 24.3 Å². The van der Waals surface area contributed by atoms with E-state index in [1.807, 2.05) is 0 Å². The maximum atomic E-state index is 4.95. The van der Waals surface area contributed by atoms with Crippen LogP contribution in [0.2, 0.25) is 0 Å². The summed E-state index contributed by atoms with van der Waals surface area (Å²) in [5.41, 5.74) is 2.65. The van der Waals surface area contributed by atoms with Crippen LogP contribution < -0.4 is 5.90 Å². The molecule has 0 aliphatic carbocycles. The van der Waals surface area contributed by atoms with Gasteiger partial charge in [0.1, 0.15) is 0 Å². The molecule has 0 saturated heterocycles. The maximum absolute atomic E-state index is 4.95. The molecule has 13 heavy (non-hydrogen) atoms. The molecular formula is C11H17NO. The van der Waals surface area contributed by atoms with Gasteiger partial charge < -0.3 is 4.84 Å². The van der Waals surface area contributed by atoms with Crippen molar-refractivity contribution in [3.63, 3.8) is 0 Å². The molecule has 0 amide bonds. The van der Waals surface area contributed by atoms with E-state index in [1.54, 1.807) is 0 Å². The van der Waals surface area contributed by atoms with Gasteiger partial charge in [0.15, 0.2) is 0 Å². The first-order valence-electron chi connectivity index (χ1n) is 4.64. The minimum atomic E-state index is 0.584. The van der Waals surface area contributed by atoms with Crippen LogP contribution in [0.4, 0.5) is 0 Å². The van der Waals surface area contributed by atoms with Crippen LogP contribution in [0.1, 0.15) is 30.9 Å². The van der Waals surface area contributed by atoms with Gasteiger partial charge in [0.2, 0.25) is 0 Å². The lowest BCUT2D eigenvalue weighted by molar-refractivity contribution is 0.141. The van der Waals surface area contributed by atoms with Gasteiger partial charge >= 0.3 is 0 Å². The number of nitrogens with two attached hydrogens (primary N) is 1. The molecule has 0 aliphatic heterocycles. The molecule has 0 aliphatic rings. The minimum absolute atomic E-state index is 0.584. The monoisotopic (exact) mass is 179 g/mol. The molecule has 0 heterocycles. The SMILES string of the molecule is CC(C)c1ccc(CCON)cc1. The lowest BCUT2D eigenvalue weighted by Crippen LogP contribution is -2.03. The fourth-order valence-corrected chi connectivity index (χ4v) is 1.25. The first-order chi connectivity index (χ1) is 6.24. The van der Waals surface area contributed by atoms with E-state index >= 15 is 0 Å². The predicted octanol–water partition coefficient (Wildman–Crippen LogP) is 2.24. The molecule has 0 radical (unpaired) electrons. The van der Waals surface area contributed by atoms with Crippen molar-refractivity contribution < 1.29 is 4.84 Å². The summed E-state index contributed by atoms with van der Waals surface area (Å²) in [6.45, 7) is 4.97. The van der Waals surface area contributed by atoms with Gasteiger partial charge in [-0.15, -0.1) is 0 Å². The van der Waals surface area contributed by atoms with Crippen molar-refractivity contribution in [2.45, 2.75) is 26.2 Å². The quantitative estimate of drug-likeness (QED) is 0.719. The van der Waals surface area contributed by atoms with Crippen molar-refractivity contribution in [1.82, 2.24) is 0 Å². The topological polar surface area (TPSA) is 35.2 Å². The van der Waals surface area contributed by atoms with E-state index in [2.05, 4.69) is 43.0 Å². The molecule has 0 aromatic heterocycles. The summed E-state index contributed by atoms with van der Waals surface area (Å²) in [6.07, 6.45) is 0.884. The molecule has 0 spiro atoms. The van der Waals surface area contributed by atoms with Crippen molar-refractivity contribution in [3.05, 3.63) is 35.4 Å². The third kappa shape index (κ3) is 3.17. The molecule has 0 unspecified atom stereocenters. The highest BCUT2D eigenvalue weighted by Gasteiger charge is 1.98. The van der Waals surface area contributed by atoms with E-state index in [-0.39, 0.29) is 0 Å². The third-order valence-electron chi connectivity index (χ3n) is 2.15. The highest BCUT2D eigenvalue weighted by atomic mass is 16.6. The Labute approximate surface area is 79.7 Å². The van der Waals surface area contributed by atoms with Crippen molar-refractivity contribution >= 4 is 0 Å². The number of hydrogen-bond donors (Lipinski definition) is 1. The van der Waals surface area contributed by atoms with Crippen molar-refractivity contribution in [1.29, 1.82) is 0 Å². The van der Waals surface area contributed by atoms with Crippen molar-refractivity contribution in [3.8, 4) is 0 Å². The lowest BCUT2D eigenvalue weighted by atomic mass is 10.0. The summed E-state index contributed by atoms with van der Waals surface area (Å²) in [4.78, 5) is 4.52. The van der Waals surface area contributed by atoms with Gasteiger partial charge in [-0.1, -0.05) is 38.1 Å². The van der Waals surface area contributed by atoms with Gasteiger partial charge in [-0.3, -0.25) is 0 Å². The average Bonchev–Trinajstić information content (AvgIpc) is 2.15. The van der Waals surface area contributed by atoms with E-state index < -0.39 is 0 Å². The van der Waals surface area contributed by atoms with Crippen molar-refractivity contribution in [2.75, 3.05) is 6.61 Å². The predicted molar refractivity (Wildman–Crippen MR) is 54.4 cm³/mol. The molecule has 1 aromatic carbocycles. The summed E-state index contributed by atoms with van der Waals surface area (Å²) in [6, 6.07) is 8.59. The Bertz CT molecular complexity index is 241. The van der Waals surface area contributed by atoms with E-state index in [1.165, 1.54) is 11.1 Å². The molecule has 2 heteroatoms. The Balaban J connectivity index is 2.59. The Kier molecular flexibility index (Phi) is 3.93. The molecule has 2 nitrogen and oxygen atoms in total. The molecule has 1 rings (SSSR count). The average molecular weight is 179 g/mol. The van der Waals surface area contributed by atoms with Crippen LogP contribution in [0.5, 0.6) is 0 Å². The molecule has 0 atom stereocenters. The maximum Gasteiger partial charge on any atom is 0.0719 e. The Morgan fingerprint density at radius 2 is 1.85 bits per heavy atom. The Hall–Kier alpha value is -0.860. The second-order valence-electron chi connectivity index (χ2n) is 3.52. The highest BCUT2D eigenvalue weighted by Crippen LogP contribution is 2.14. The van der Waals surface area contributed by atoms with E-state index in [0.29, 0.717) is 12.5 Å². The second kappa shape index (κ2) is 5.00. The molecule has 72 valence electrons. The summed E-state index contributed by atoms with van der Waals surface area (Å²) < 4.78 is 0. The largest absolute Gasteiger partial charge is 0.304 e. The smallest absolute Gasteiger partial charge is 0.0719 e. The van der Waals surface area contributed by atoms with Crippen LogP contribution in [0, 0.1) is 0 Å². The summed E-state index contributed by atoms with van der Waals surface area (Å²) in [7, 11) is 0. The fraction of sp³-hybridized carbons (Fsp3) is 0.455. The van der Waals surface area contributed by atoms with E-state index in [0.717, 1.165) is 6.42 Å². The van der Waals surface area contributed by atoms with Gasteiger partial charge in [0.25, 0.3) is 0 Å². The first kappa shape index (κ1) is 10.2. The molecule has 0 saturated carbocycles. The third-order valence-corrected chi connectivity index (χ3v) is 2.15. The van der Waals surface area contributed by atoms with Gasteiger partial charge in [0.05, 0.1) is 6.61 Å². The Morgan fingerprint density at radius 1 is 1.23 bits per heavy atom. The Morgan fingerprint density at radius 3 is 2.31 bits per heavy atom. The zero-order valence-electron chi connectivity index (χ0n) is 8.29. The van der Waals surface area contributed by atoms with Crippen LogP contribution in [-0.4, -0.2) is 6.61 Å². The molecule has 0 bridgehead atoms. The van der Waals surface area contributed by atoms with Gasteiger partial charge in [-0.2, -0.15) is 0 Å².